The first kappa shape index (κ1) is 14.5. The van der Waals surface area contributed by atoms with E-state index in [4.69, 9.17) is 0 Å². The minimum absolute atomic E-state index is 0.100. The van der Waals surface area contributed by atoms with Gasteiger partial charge in [0.1, 0.15) is 5.75 Å². The first-order chi connectivity index (χ1) is 9.47. The van der Waals surface area contributed by atoms with E-state index in [1.54, 1.807) is 25.1 Å². The van der Waals surface area contributed by atoms with Crippen molar-refractivity contribution in [2.75, 3.05) is 0 Å². The van der Waals surface area contributed by atoms with Crippen molar-refractivity contribution in [3.8, 4) is 5.75 Å². The predicted octanol–water partition coefficient (Wildman–Crippen LogP) is 2.60. The Balaban J connectivity index is 2.00. The average Bonchev–Trinajstić information content (AvgIpc) is 2.82. The molecule has 0 aliphatic carbocycles. The maximum atomic E-state index is 11.8. The summed E-state index contributed by atoms with van der Waals surface area (Å²) in [4.78, 5) is 24.0. The minimum Gasteiger partial charge on any atom is -0.507 e. The third kappa shape index (κ3) is 3.37. The smallest absolute Gasteiger partial charge is 0.279 e. The molecule has 0 atom stereocenters. The number of carbonyl (C=O) groups excluding carboxylic acids is 2. The van der Waals surface area contributed by atoms with Crippen molar-refractivity contribution in [1.29, 1.82) is 0 Å². The van der Waals surface area contributed by atoms with Crippen LogP contribution >= 0.6 is 27.3 Å². The van der Waals surface area contributed by atoms with Gasteiger partial charge in [0, 0.05) is 0 Å². The SMILES string of the molecule is Cc1ccc(C(=O)NNC(=O)c2ccc(Br)s2)c(O)c1. The Bertz CT molecular complexity index is 669. The van der Waals surface area contributed by atoms with Gasteiger partial charge >= 0.3 is 0 Å². The van der Waals surface area contributed by atoms with Crippen LogP contribution in [0.15, 0.2) is 34.1 Å². The Morgan fingerprint density at radius 3 is 2.45 bits per heavy atom. The van der Waals surface area contributed by atoms with Crippen LogP contribution in [0, 0.1) is 6.92 Å². The van der Waals surface area contributed by atoms with Gasteiger partial charge in [0.2, 0.25) is 0 Å². The number of hydrogen-bond acceptors (Lipinski definition) is 4. The lowest BCUT2D eigenvalue weighted by atomic mass is 10.1. The van der Waals surface area contributed by atoms with Crippen LogP contribution in [0.1, 0.15) is 25.6 Å². The molecule has 1 aromatic heterocycles. The van der Waals surface area contributed by atoms with Gasteiger partial charge in [-0.2, -0.15) is 0 Å². The number of carbonyl (C=O) groups is 2. The monoisotopic (exact) mass is 354 g/mol. The van der Waals surface area contributed by atoms with E-state index in [9.17, 15) is 14.7 Å². The molecule has 0 unspecified atom stereocenters. The van der Waals surface area contributed by atoms with Crippen LogP contribution in [0.4, 0.5) is 0 Å². The molecule has 7 heteroatoms. The molecule has 0 radical (unpaired) electrons. The van der Waals surface area contributed by atoms with E-state index >= 15 is 0 Å². The fraction of sp³-hybridized carbons (Fsp3) is 0.0769. The van der Waals surface area contributed by atoms with E-state index in [-0.39, 0.29) is 11.3 Å². The first-order valence-electron chi connectivity index (χ1n) is 5.63. The molecule has 0 fully saturated rings. The zero-order valence-electron chi connectivity index (χ0n) is 10.4. The Kier molecular flexibility index (Phi) is 4.41. The number of hydrazine groups is 1. The molecule has 1 aromatic carbocycles. The number of benzene rings is 1. The lowest BCUT2D eigenvalue weighted by Gasteiger charge is -2.08. The number of halogens is 1. The summed E-state index contributed by atoms with van der Waals surface area (Å²) in [5, 5.41) is 9.67. The van der Waals surface area contributed by atoms with Crippen LogP contribution in [0.25, 0.3) is 0 Å². The van der Waals surface area contributed by atoms with Crippen molar-refractivity contribution < 1.29 is 14.7 Å². The summed E-state index contributed by atoms with van der Waals surface area (Å²) in [5.74, 6) is -1.12. The predicted molar refractivity (Wildman–Crippen MR) is 79.8 cm³/mol. The van der Waals surface area contributed by atoms with E-state index in [2.05, 4.69) is 26.8 Å². The third-order valence-corrected chi connectivity index (χ3v) is 4.11. The van der Waals surface area contributed by atoms with Gasteiger partial charge in [-0.25, -0.2) is 0 Å². The number of nitrogens with one attached hydrogen (secondary N) is 2. The summed E-state index contributed by atoms with van der Waals surface area (Å²) in [6, 6.07) is 8.06. The van der Waals surface area contributed by atoms with E-state index < -0.39 is 11.8 Å². The highest BCUT2D eigenvalue weighted by Gasteiger charge is 2.13. The topological polar surface area (TPSA) is 78.4 Å². The van der Waals surface area contributed by atoms with Crippen LogP contribution in [0.3, 0.4) is 0 Å². The number of aryl methyl sites for hydroxylation is 1. The molecular formula is C13H11BrN2O3S. The second-order valence-electron chi connectivity index (χ2n) is 4.03. The molecule has 20 heavy (non-hydrogen) atoms. The fourth-order valence-electron chi connectivity index (χ4n) is 1.51. The minimum atomic E-state index is -0.577. The van der Waals surface area contributed by atoms with Crippen LogP contribution in [0.5, 0.6) is 5.75 Å². The molecule has 0 spiro atoms. The summed E-state index contributed by atoms with van der Waals surface area (Å²) in [6.07, 6.45) is 0. The summed E-state index contributed by atoms with van der Waals surface area (Å²) < 4.78 is 0.824. The number of amides is 2. The number of aromatic hydroxyl groups is 1. The lowest BCUT2D eigenvalue weighted by molar-refractivity contribution is 0.0847. The average molecular weight is 355 g/mol. The fourth-order valence-corrected chi connectivity index (χ4v) is 2.79. The largest absolute Gasteiger partial charge is 0.507 e. The van der Waals surface area contributed by atoms with Gasteiger partial charge in [0.25, 0.3) is 11.8 Å². The molecule has 3 N–H and O–H groups in total. The molecular weight excluding hydrogens is 344 g/mol. The van der Waals surface area contributed by atoms with E-state index in [1.807, 2.05) is 0 Å². The van der Waals surface area contributed by atoms with Crippen molar-refractivity contribution in [3.05, 3.63) is 50.1 Å². The van der Waals surface area contributed by atoms with Crippen molar-refractivity contribution >= 4 is 39.1 Å². The second-order valence-corrected chi connectivity index (χ2v) is 6.50. The van der Waals surface area contributed by atoms with Crippen LogP contribution in [0.2, 0.25) is 0 Å². The van der Waals surface area contributed by atoms with Crippen molar-refractivity contribution in [2.45, 2.75) is 6.92 Å². The van der Waals surface area contributed by atoms with Gasteiger partial charge in [-0.1, -0.05) is 6.07 Å². The quantitative estimate of drug-likeness (QED) is 0.725. The Labute approximate surface area is 127 Å². The van der Waals surface area contributed by atoms with Crippen molar-refractivity contribution in [2.24, 2.45) is 0 Å². The normalized spacial score (nSPS) is 10.1. The Morgan fingerprint density at radius 1 is 1.15 bits per heavy atom. The number of hydrogen-bond donors (Lipinski definition) is 3. The molecule has 1 heterocycles. The van der Waals surface area contributed by atoms with Gasteiger partial charge in [0.05, 0.1) is 14.2 Å². The highest BCUT2D eigenvalue weighted by atomic mass is 79.9. The van der Waals surface area contributed by atoms with E-state index in [1.165, 1.54) is 23.5 Å². The summed E-state index contributed by atoms with van der Waals surface area (Å²) in [6.45, 7) is 1.80. The maximum absolute atomic E-state index is 11.8. The standard InChI is InChI=1S/C13H11BrN2O3S/c1-7-2-3-8(9(17)6-7)12(18)15-16-13(19)10-4-5-11(14)20-10/h2-6,17H,1H3,(H,15,18)(H,16,19). The highest BCUT2D eigenvalue weighted by molar-refractivity contribution is 9.11. The van der Waals surface area contributed by atoms with Gasteiger partial charge in [-0.15, -0.1) is 11.3 Å². The van der Waals surface area contributed by atoms with Gasteiger partial charge in [-0.3, -0.25) is 20.4 Å². The number of rotatable bonds is 2. The number of phenolic OH excluding ortho intramolecular Hbond substituents is 1. The van der Waals surface area contributed by atoms with Crippen LogP contribution in [-0.2, 0) is 0 Å². The lowest BCUT2D eigenvalue weighted by Crippen LogP contribution is -2.41. The highest BCUT2D eigenvalue weighted by Crippen LogP contribution is 2.21. The molecule has 0 saturated carbocycles. The molecule has 0 aliphatic rings. The molecule has 2 amide bonds. The Hall–Kier alpha value is -1.86. The van der Waals surface area contributed by atoms with Crippen LogP contribution < -0.4 is 10.9 Å². The maximum Gasteiger partial charge on any atom is 0.279 e. The zero-order valence-corrected chi connectivity index (χ0v) is 12.8. The van der Waals surface area contributed by atoms with Gasteiger partial charge < -0.3 is 5.11 Å². The zero-order chi connectivity index (χ0) is 14.7. The first-order valence-corrected chi connectivity index (χ1v) is 7.24. The number of phenols is 1. The number of thiophene rings is 1. The van der Waals surface area contributed by atoms with Crippen molar-refractivity contribution in [3.63, 3.8) is 0 Å². The third-order valence-electron chi connectivity index (χ3n) is 2.48. The van der Waals surface area contributed by atoms with Crippen LogP contribution in [-0.4, -0.2) is 16.9 Å². The van der Waals surface area contributed by atoms with Gasteiger partial charge in [-0.05, 0) is 52.7 Å². The van der Waals surface area contributed by atoms with Crippen molar-refractivity contribution in [1.82, 2.24) is 10.9 Å². The Morgan fingerprint density at radius 2 is 1.85 bits per heavy atom. The summed E-state index contributed by atoms with van der Waals surface area (Å²) in [5.41, 5.74) is 5.49. The molecule has 0 saturated heterocycles. The van der Waals surface area contributed by atoms with E-state index in [0.29, 0.717) is 4.88 Å². The molecule has 2 rings (SSSR count). The molecule has 5 nitrogen and oxygen atoms in total. The second kappa shape index (κ2) is 6.06. The summed E-state index contributed by atoms with van der Waals surface area (Å²) in [7, 11) is 0. The molecule has 0 bridgehead atoms. The summed E-state index contributed by atoms with van der Waals surface area (Å²) >= 11 is 4.50. The van der Waals surface area contributed by atoms with E-state index in [0.717, 1.165) is 9.35 Å². The molecule has 0 aliphatic heterocycles. The molecule has 2 aromatic rings. The molecule has 104 valence electrons. The van der Waals surface area contributed by atoms with Gasteiger partial charge in [0.15, 0.2) is 0 Å².